The number of ether oxygens (including phenoxy) is 1. The highest BCUT2D eigenvalue weighted by Crippen LogP contribution is 2.33. The van der Waals surface area contributed by atoms with Crippen molar-refractivity contribution in [1.29, 1.82) is 0 Å². The second-order valence-corrected chi connectivity index (χ2v) is 12.5. The summed E-state index contributed by atoms with van der Waals surface area (Å²) < 4.78 is 63.4. The maximum Gasteiger partial charge on any atom is 0.430 e. The summed E-state index contributed by atoms with van der Waals surface area (Å²) in [6.45, 7) is 9.05. The molecule has 0 aliphatic carbocycles. The SMILES string of the molecule is Cc1cc(NCc2ccccc2CN2CCC2)c(F)c(F)c1S(=O)(=O)N(C(=O)OC(C)(C)C)c1cscn1. The van der Waals surface area contributed by atoms with Gasteiger partial charge in [0, 0.05) is 18.5 Å². The lowest BCUT2D eigenvalue weighted by Crippen LogP contribution is -2.41. The standard InChI is InChI=1S/C26H30F2N4O4S2/c1-17-12-20(29-13-18-8-5-6-9-19(18)14-31-10-7-11-31)22(27)23(28)24(17)38(34,35)32(21-15-37-16-30-21)25(33)36-26(2,3)4/h5-6,8-9,12,15-16,29H,7,10-11,13-14H2,1-4H3. The monoisotopic (exact) mass is 564 g/mol. The zero-order chi connectivity index (χ0) is 27.7. The summed E-state index contributed by atoms with van der Waals surface area (Å²) in [5, 5.41) is 4.21. The summed E-state index contributed by atoms with van der Waals surface area (Å²) in [6.07, 6.45) is -0.114. The Labute approximate surface area is 225 Å². The molecule has 1 aliphatic rings. The number of benzene rings is 2. The van der Waals surface area contributed by atoms with Crippen molar-refractivity contribution >= 4 is 39.0 Å². The molecule has 1 fully saturated rings. The molecule has 2 heterocycles. The Morgan fingerprint density at radius 1 is 1.18 bits per heavy atom. The number of thiazole rings is 1. The van der Waals surface area contributed by atoms with E-state index in [9.17, 15) is 13.2 Å². The molecule has 12 heteroatoms. The Hall–Kier alpha value is -3.09. The fourth-order valence-electron chi connectivity index (χ4n) is 4.05. The predicted octanol–water partition coefficient (Wildman–Crippen LogP) is 5.68. The Morgan fingerprint density at radius 2 is 1.87 bits per heavy atom. The van der Waals surface area contributed by atoms with Crippen LogP contribution in [0.25, 0.3) is 0 Å². The lowest BCUT2D eigenvalue weighted by atomic mass is 10.0. The van der Waals surface area contributed by atoms with Gasteiger partial charge in [-0.15, -0.1) is 15.6 Å². The van der Waals surface area contributed by atoms with Crippen molar-refractivity contribution in [2.24, 2.45) is 0 Å². The van der Waals surface area contributed by atoms with E-state index < -0.39 is 38.2 Å². The number of aromatic nitrogens is 1. The Balaban J connectivity index is 1.65. The molecule has 0 saturated carbocycles. The van der Waals surface area contributed by atoms with Gasteiger partial charge in [0.15, 0.2) is 17.5 Å². The zero-order valence-electron chi connectivity index (χ0n) is 21.6. The summed E-state index contributed by atoms with van der Waals surface area (Å²) in [4.78, 5) is 18.1. The first kappa shape index (κ1) is 27.9. The van der Waals surface area contributed by atoms with E-state index in [1.807, 2.05) is 24.3 Å². The highest BCUT2D eigenvalue weighted by molar-refractivity contribution is 7.93. The van der Waals surface area contributed by atoms with Gasteiger partial charge in [0.25, 0.3) is 10.0 Å². The number of hydrogen-bond acceptors (Lipinski definition) is 8. The van der Waals surface area contributed by atoms with Gasteiger partial charge in [0.1, 0.15) is 10.5 Å². The van der Waals surface area contributed by atoms with E-state index >= 15 is 8.78 Å². The van der Waals surface area contributed by atoms with Crippen LogP contribution in [0, 0.1) is 18.6 Å². The molecule has 4 rings (SSSR count). The van der Waals surface area contributed by atoms with Crippen molar-refractivity contribution in [2.45, 2.75) is 57.7 Å². The van der Waals surface area contributed by atoms with Crippen LogP contribution >= 0.6 is 11.3 Å². The van der Waals surface area contributed by atoms with E-state index in [1.54, 1.807) is 20.8 Å². The summed E-state index contributed by atoms with van der Waals surface area (Å²) in [6, 6.07) is 8.93. The third kappa shape index (κ3) is 5.97. The number of carbonyl (C=O) groups is 1. The minimum absolute atomic E-state index is 0.0796. The number of halogens is 2. The van der Waals surface area contributed by atoms with Crippen molar-refractivity contribution in [2.75, 3.05) is 22.7 Å². The molecule has 1 aromatic heterocycles. The second-order valence-electron chi connectivity index (χ2n) is 10.0. The topological polar surface area (TPSA) is 91.8 Å². The van der Waals surface area contributed by atoms with E-state index in [-0.39, 0.29) is 27.9 Å². The first-order chi connectivity index (χ1) is 17.9. The minimum Gasteiger partial charge on any atom is -0.443 e. The van der Waals surface area contributed by atoms with Gasteiger partial charge in [-0.2, -0.15) is 0 Å². The lowest BCUT2D eigenvalue weighted by Gasteiger charge is -2.31. The predicted molar refractivity (Wildman–Crippen MR) is 143 cm³/mol. The molecule has 0 radical (unpaired) electrons. The molecular formula is C26H30F2N4O4S2. The summed E-state index contributed by atoms with van der Waals surface area (Å²) in [7, 11) is -4.93. The van der Waals surface area contributed by atoms with Crippen LogP contribution in [0.3, 0.4) is 0 Å². The molecule has 2 aromatic carbocycles. The maximum absolute atomic E-state index is 15.5. The number of amides is 1. The molecule has 38 heavy (non-hydrogen) atoms. The van der Waals surface area contributed by atoms with Crippen LogP contribution in [-0.4, -0.2) is 43.1 Å². The molecule has 8 nitrogen and oxygen atoms in total. The normalized spacial score (nSPS) is 14.2. The molecule has 3 aromatic rings. The number of anilines is 2. The van der Waals surface area contributed by atoms with Crippen molar-refractivity contribution in [3.05, 3.63) is 69.5 Å². The van der Waals surface area contributed by atoms with Crippen molar-refractivity contribution in [1.82, 2.24) is 9.88 Å². The first-order valence-corrected chi connectivity index (χ1v) is 14.4. The maximum atomic E-state index is 15.5. The van der Waals surface area contributed by atoms with Crippen molar-refractivity contribution in [3.8, 4) is 0 Å². The third-order valence-electron chi connectivity index (χ3n) is 5.96. The van der Waals surface area contributed by atoms with Crippen LogP contribution in [-0.2, 0) is 27.8 Å². The van der Waals surface area contributed by atoms with E-state index in [1.165, 1.54) is 23.9 Å². The van der Waals surface area contributed by atoms with Gasteiger partial charge in [-0.25, -0.2) is 27.0 Å². The third-order valence-corrected chi connectivity index (χ3v) is 8.37. The molecule has 1 aliphatic heterocycles. The number of likely N-dealkylation sites (tertiary alicyclic amines) is 1. The van der Waals surface area contributed by atoms with Crippen LogP contribution < -0.4 is 9.62 Å². The van der Waals surface area contributed by atoms with Gasteiger partial charge in [-0.3, -0.25) is 4.90 Å². The largest absolute Gasteiger partial charge is 0.443 e. The molecule has 0 bridgehead atoms. The minimum atomic E-state index is -4.93. The van der Waals surface area contributed by atoms with Crippen LogP contribution in [0.2, 0.25) is 0 Å². The quantitative estimate of drug-likeness (QED) is 0.377. The number of nitrogens with zero attached hydrogens (tertiary/aromatic N) is 3. The lowest BCUT2D eigenvalue weighted by molar-refractivity contribution is 0.0608. The molecule has 1 amide bonds. The molecule has 204 valence electrons. The summed E-state index contributed by atoms with van der Waals surface area (Å²) in [5.74, 6) is -3.23. The number of carbonyl (C=O) groups excluding carboxylic acids is 1. The number of hydrogen-bond donors (Lipinski definition) is 1. The van der Waals surface area contributed by atoms with E-state index in [2.05, 4.69) is 15.2 Å². The van der Waals surface area contributed by atoms with Gasteiger partial charge in [0.2, 0.25) is 0 Å². The van der Waals surface area contributed by atoms with Crippen LogP contribution in [0.4, 0.5) is 25.1 Å². The zero-order valence-corrected chi connectivity index (χ0v) is 23.3. The molecule has 0 unspecified atom stereocenters. The van der Waals surface area contributed by atoms with Crippen LogP contribution in [0.5, 0.6) is 0 Å². The molecule has 0 atom stereocenters. The number of nitrogens with one attached hydrogen (secondary N) is 1. The van der Waals surface area contributed by atoms with Gasteiger partial charge >= 0.3 is 6.09 Å². The Bertz CT molecular complexity index is 1420. The van der Waals surface area contributed by atoms with E-state index in [0.717, 1.165) is 48.5 Å². The first-order valence-electron chi connectivity index (χ1n) is 12.1. The number of sulfonamides is 1. The van der Waals surface area contributed by atoms with E-state index in [4.69, 9.17) is 4.74 Å². The fourth-order valence-corrected chi connectivity index (χ4v) is 6.18. The second kappa shape index (κ2) is 11.0. The summed E-state index contributed by atoms with van der Waals surface area (Å²) in [5.41, 5.74) is 2.01. The van der Waals surface area contributed by atoms with E-state index in [0.29, 0.717) is 0 Å². The number of aryl methyl sites for hydroxylation is 1. The molecule has 0 spiro atoms. The highest BCUT2D eigenvalue weighted by atomic mass is 32.2. The van der Waals surface area contributed by atoms with Crippen LogP contribution in [0.15, 0.2) is 46.1 Å². The van der Waals surface area contributed by atoms with Gasteiger partial charge in [-0.1, -0.05) is 24.3 Å². The van der Waals surface area contributed by atoms with Gasteiger partial charge in [-0.05, 0) is 70.0 Å². The molecule has 1 N–H and O–H groups in total. The average Bonchev–Trinajstić information content (AvgIpc) is 3.30. The molecule has 1 saturated heterocycles. The van der Waals surface area contributed by atoms with Crippen molar-refractivity contribution < 1.29 is 26.7 Å². The molecular weight excluding hydrogens is 534 g/mol. The van der Waals surface area contributed by atoms with Crippen LogP contribution in [0.1, 0.15) is 43.9 Å². The summed E-state index contributed by atoms with van der Waals surface area (Å²) >= 11 is 1.04. The smallest absolute Gasteiger partial charge is 0.430 e. The average molecular weight is 565 g/mol. The van der Waals surface area contributed by atoms with Gasteiger partial charge < -0.3 is 10.1 Å². The Morgan fingerprint density at radius 3 is 2.45 bits per heavy atom. The number of rotatable bonds is 8. The van der Waals surface area contributed by atoms with Gasteiger partial charge in [0.05, 0.1) is 11.2 Å². The highest BCUT2D eigenvalue weighted by Gasteiger charge is 2.39. The van der Waals surface area contributed by atoms with Crippen molar-refractivity contribution in [3.63, 3.8) is 0 Å². The fraction of sp³-hybridized carbons (Fsp3) is 0.385. The Kier molecular flexibility index (Phi) is 8.05.